The number of aliphatic hydroxyl groups excluding tert-OH is 1. The molecule has 2 N–H and O–H groups in total. The molecule has 1 heterocycles. The van der Waals surface area contributed by atoms with Crippen LogP contribution in [0.3, 0.4) is 0 Å². The van der Waals surface area contributed by atoms with Crippen LogP contribution >= 0.6 is 0 Å². The van der Waals surface area contributed by atoms with E-state index in [2.05, 4.69) is 22.3 Å². The monoisotopic (exact) mass is 264 g/mol. The number of anilines is 2. The Morgan fingerprint density at radius 2 is 2.16 bits per heavy atom. The minimum absolute atomic E-state index is 0.160. The summed E-state index contributed by atoms with van der Waals surface area (Å²) in [5, 5.41) is 13.5. The smallest absolute Gasteiger partial charge is 0.0948 e. The number of hydrogen-bond acceptors (Lipinski definition) is 4. The van der Waals surface area contributed by atoms with Gasteiger partial charge in [-0.25, -0.2) is 0 Å². The molecule has 1 aromatic carbocycles. The fraction of sp³-hybridized carbons (Fsp3) is 0.600. The molecule has 1 aliphatic heterocycles. The third-order valence-electron chi connectivity index (χ3n) is 3.22. The second-order valence-electron chi connectivity index (χ2n) is 5.28. The van der Waals surface area contributed by atoms with Gasteiger partial charge in [0.2, 0.25) is 0 Å². The lowest BCUT2D eigenvalue weighted by Crippen LogP contribution is -2.36. The number of benzene rings is 1. The molecule has 0 fully saturated rings. The third-order valence-corrected chi connectivity index (χ3v) is 3.22. The van der Waals surface area contributed by atoms with Gasteiger partial charge in [0, 0.05) is 19.6 Å². The van der Waals surface area contributed by atoms with Gasteiger partial charge in [-0.05, 0) is 32.4 Å². The summed E-state index contributed by atoms with van der Waals surface area (Å²) in [6, 6.07) is 8.26. The summed E-state index contributed by atoms with van der Waals surface area (Å²) in [6.45, 7) is 6.92. The normalized spacial score (nSPS) is 16.7. The lowest BCUT2D eigenvalue weighted by atomic mass is 10.2. The average molecular weight is 264 g/mol. The molecular formula is C15H24N2O2. The van der Waals surface area contributed by atoms with E-state index in [1.54, 1.807) is 0 Å². The summed E-state index contributed by atoms with van der Waals surface area (Å²) >= 11 is 0. The van der Waals surface area contributed by atoms with E-state index < -0.39 is 6.10 Å². The van der Waals surface area contributed by atoms with Crippen molar-refractivity contribution in [2.24, 2.45) is 0 Å². The van der Waals surface area contributed by atoms with Crippen LogP contribution in [0.5, 0.6) is 0 Å². The van der Waals surface area contributed by atoms with Gasteiger partial charge in [0.15, 0.2) is 0 Å². The molecule has 2 rings (SSSR count). The number of aliphatic hydroxyl groups is 1. The summed E-state index contributed by atoms with van der Waals surface area (Å²) in [5.41, 5.74) is 2.32. The van der Waals surface area contributed by atoms with Crippen molar-refractivity contribution in [2.75, 3.05) is 36.5 Å². The molecule has 0 amide bonds. The third kappa shape index (κ3) is 4.11. The van der Waals surface area contributed by atoms with Crippen LogP contribution in [0, 0.1) is 0 Å². The first-order valence-electron chi connectivity index (χ1n) is 7.04. The predicted octanol–water partition coefficient (Wildman–Crippen LogP) is 2.09. The molecule has 1 atom stereocenters. The largest absolute Gasteiger partial charge is 0.389 e. The maximum atomic E-state index is 10.1. The van der Waals surface area contributed by atoms with Crippen molar-refractivity contribution in [1.82, 2.24) is 0 Å². The van der Waals surface area contributed by atoms with Crippen LogP contribution in [0.15, 0.2) is 24.3 Å². The van der Waals surface area contributed by atoms with Crippen molar-refractivity contribution < 1.29 is 9.84 Å². The average Bonchev–Trinajstić information content (AvgIpc) is 2.59. The maximum absolute atomic E-state index is 10.1. The molecule has 0 spiro atoms. The number of nitrogens with one attached hydrogen (secondary N) is 1. The van der Waals surface area contributed by atoms with Gasteiger partial charge in [-0.2, -0.15) is 0 Å². The molecule has 0 radical (unpaired) electrons. The lowest BCUT2D eigenvalue weighted by Gasteiger charge is -2.27. The molecule has 0 aliphatic carbocycles. The van der Waals surface area contributed by atoms with Crippen LogP contribution in [-0.2, 0) is 4.74 Å². The van der Waals surface area contributed by atoms with E-state index in [-0.39, 0.29) is 6.10 Å². The molecule has 0 saturated carbocycles. The van der Waals surface area contributed by atoms with Gasteiger partial charge in [-0.3, -0.25) is 0 Å². The molecule has 0 aromatic heterocycles. The number of nitrogens with zero attached hydrogens (tertiary/aromatic N) is 1. The summed E-state index contributed by atoms with van der Waals surface area (Å²) in [5.74, 6) is 0. The zero-order valence-corrected chi connectivity index (χ0v) is 11.8. The van der Waals surface area contributed by atoms with E-state index in [0.717, 1.165) is 25.2 Å². The number of fused-ring (bicyclic) bond motifs is 1. The Labute approximate surface area is 115 Å². The highest BCUT2D eigenvalue weighted by Crippen LogP contribution is 2.27. The quantitative estimate of drug-likeness (QED) is 0.855. The SMILES string of the molecule is CC(C)OCC(O)CN1CCCNc2ccccc21. The predicted molar refractivity (Wildman–Crippen MR) is 78.9 cm³/mol. The van der Waals surface area contributed by atoms with E-state index >= 15 is 0 Å². The van der Waals surface area contributed by atoms with Gasteiger partial charge in [0.05, 0.1) is 30.2 Å². The zero-order valence-electron chi connectivity index (χ0n) is 11.8. The molecule has 0 bridgehead atoms. The Kier molecular flexibility index (Phi) is 5.05. The van der Waals surface area contributed by atoms with E-state index in [1.165, 1.54) is 5.69 Å². The van der Waals surface area contributed by atoms with Crippen molar-refractivity contribution in [1.29, 1.82) is 0 Å². The summed E-state index contributed by atoms with van der Waals surface area (Å²) < 4.78 is 5.47. The van der Waals surface area contributed by atoms with E-state index in [4.69, 9.17) is 4.74 Å². The van der Waals surface area contributed by atoms with E-state index in [0.29, 0.717) is 13.2 Å². The first-order valence-corrected chi connectivity index (χ1v) is 7.04. The molecule has 4 heteroatoms. The number of rotatable bonds is 5. The van der Waals surface area contributed by atoms with Crippen molar-refractivity contribution in [3.63, 3.8) is 0 Å². The standard InChI is InChI=1S/C15H24N2O2/c1-12(2)19-11-13(18)10-17-9-5-8-16-14-6-3-4-7-15(14)17/h3-4,6-7,12-13,16,18H,5,8-11H2,1-2H3. The second-order valence-corrected chi connectivity index (χ2v) is 5.28. The highest BCUT2D eigenvalue weighted by molar-refractivity contribution is 5.70. The van der Waals surface area contributed by atoms with Crippen molar-refractivity contribution in [3.05, 3.63) is 24.3 Å². The fourth-order valence-electron chi connectivity index (χ4n) is 2.31. The fourth-order valence-corrected chi connectivity index (χ4v) is 2.31. The molecule has 19 heavy (non-hydrogen) atoms. The van der Waals surface area contributed by atoms with Crippen molar-refractivity contribution in [2.45, 2.75) is 32.5 Å². The number of ether oxygens (including phenoxy) is 1. The first-order chi connectivity index (χ1) is 9.16. The zero-order chi connectivity index (χ0) is 13.7. The van der Waals surface area contributed by atoms with Gasteiger partial charge in [0.25, 0.3) is 0 Å². The van der Waals surface area contributed by atoms with Crippen LogP contribution < -0.4 is 10.2 Å². The molecule has 0 saturated heterocycles. The van der Waals surface area contributed by atoms with Crippen LogP contribution in [0.1, 0.15) is 20.3 Å². The molecule has 4 nitrogen and oxygen atoms in total. The topological polar surface area (TPSA) is 44.7 Å². The summed E-state index contributed by atoms with van der Waals surface area (Å²) in [7, 11) is 0. The van der Waals surface area contributed by atoms with Gasteiger partial charge in [-0.1, -0.05) is 12.1 Å². The van der Waals surface area contributed by atoms with Gasteiger partial charge in [0.1, 0.15) is 0 Å². The van der Waals surface area contributed by atoms with E-state index in [9.17, 15) is 5.11 Å². The van der Waals surface area contributed by atoms with Crippen molar-refractivity contribution in [3.8, 4) is 0 Å². The van der Waals surface area contributed by atoms with Crippen LogP contribution in [0.4, 0.5) is 11.4 Å². The maximum Gasteiger partial charge on any atom is 0.0948 e. The van der Waals surface area contributed by atoms with Gasteiger partial charge in [-0.15, -0.1) is 0 Å². The number of β-amino-alcohol motifs (C(OH)–C–C–N with tert-alkyl or cyclic N) is 1. The van der Waals surface area contributed by atoms with Crippen molar-refractivity contribution >= 4 is 11.4 Å². The highest BCUT2D eigenvalue weighted by Gasteiger charge is 2.17. The Bertz CT molecular complexity index is 395. The molecule has 106 valence electrons. The number of para-hydroxylation sites is 2. The van der Waals surface area contributed by atoms with Gasteiger partial charge < -0.3 is 20.1 Å². The Hall–Kier alpha value is -1.26. The molecular weight excluding hydrogens is 240 g/mol. The van der Waals surface area contributed by atoms with Crippen LogP contribution in [0.25, 0.3) is 0 Å². The Balaban J connectivity index is 1.99. The minimum Gasteiger partial charge on any atom is -0.389 e. The Morgan fingerprint density at radius 1 is 1.37 bits per heavy atom. The van der Waals surface area contributed by atoms with E-state index in [1.807, 2.05) is 26.0 Å². The Morgan fingerprint density at radius 3 is 2.95 bits per heavy atom. The summed E-state index contributed by atoms with van der Waals surface area (Å²) in [6.07, 6.45) is 0.785. The summed E-state index contributed by atoms with van der Waals surface area (Å²) in [4.78, 5) is 2.24. The van der Waals surface area contributed by atoms with Crippen LogP contribution in [0.2, 0.25) is 0 Å². The molecule has 1 aromatic rings. The second kappa shape index (κ2) is 6.78. The highest BCUT2D eigenvalue weighted by atomic mass is 16.5. The first kappa shape index (κ1) is 14.2. The van der Waals surface area contributed by atoms with Crippen LogP contribution in [-0.4, -0.2) is 43.6 Å². The molecule has 1 unspecified atom stereocenters. The number of hydrogen-bond donors (Lipinski definition) is 2. The minimum atomic E-state index is -0.450. The lowest BCUT2D eigenvalue weighted by molar-refractivity contribution is 0.00892. The van der Waals surface area contributed by atoms with Gasteiger partial charge >= 0.3 is 0 Å². The molecule has 1 aliphatic rings.